The topological polar surface area (TPSA) is 70.2 Å². The number of hydrazine groups is 1. The normalized spacial score (nSPS) is 20.4. The summed E-state index contributed by atoms with van der Waals surface area (Å²) in [4.78, 5) is 20.5. The quantitative estimate of drug-likeness (QED) is 0.358. The first-order valence-electron chi connectivity index (χ1n) is 13.2. The van der Waals surface area contributed by atoms with E-state index in [1.165, 1.54) is 11.3 Å². The van der Waals surface area contributed by atoms with Gasteiger partial charge in [0, 0.05) is 52.9 Å². The highest BCUT2D eigenvalue weighted by atomic mass is 35.5. The van der Waals surface area contributed by atoms with E-state index >= 15 is 0 Å². The molecule has 0 aliphatic carbocycles. The van der Waals surface area contributed by atoms with Gasteiger partial charge < -0.3 is 19.3 Å². The van der Waals surface area contributed by atoms with Crippen LogP contribution in [0.1, 0.15) is 54.4 Å². The van der Waals surface area contributed by atoms with Gasteiger partial charge in [0.1, 0.15) is 16.7 Å². The number of para-hydroxylation sites is 1. The largest absolute Gasteiger partial charge is 0.496 e. The number of hydrogen-bond acceptors (Lipinski definition) is 7. The number of pyridine rings is 1. The highest BCUT2D eigenvalue weighted by Gasteiger charge is 2.40. The molecule has 2 aromatic rings. The van der Waals surface area contributed by atoms with Gasteiger partial charge in [0.05, 0.1) is 12.7 Å². The lowest BCUT2D eigenvalue weighted by molar-refractivity contribution is -0.0813. The average Bonchev–Trinajstić information content (AvgIpc) is 3.37. The second kappa shape index (κ2) is 12.4. The molecule has 0 spiro atoms. The number of rotatable bonds is 10. The number of hydrogen-bond donors (Lipinski definition) is 1. The molecule has 2 aliphatic rings. The second-order valence-electron chi connectivity index (χ2n) is 10.3. The maximum absolute atomic E-state index is 12.2. The molecule has 3 heterocycles. The molecule has 1 amide bonds. The monoisotopic (exact) mass is 529 g/mol. The summed E-state index contributed by atoms with van der Waals surface area (Å²) >= 11 is 6.33. The van der Waals surface area contributed by atoms with Gasteiger partial charge in [-0.25, -0.2) is 15.4 Å². The smallest absolute Gasteiger partial charge is 0.256 e. The molecular formula is C28H40ClN5O3. The van der Waals surface area contributed by atoms with Crippen molar-refractivity contribution in [3.8, 4) is 5.75 Å². The van der Waals surface area contributed by atoms with Crippen molar-refractivity contribution in [2.24, 2.45) is 5.92 Å². The minimum Gasteiger partial charge on any atom is -0.496 e. The van der Waals surface area contributed by atoms with E-state index in [0.29, 0.717) is 11.5 Å². The third-order valence-corrected chi connectivity index (χ3v) is 7.74. The number of halogens is 1. The minimum atomic E-state index is -0.534. The van der Waals surface area contributed by atoms with Crippen LogP contribution in [0, 0.1) is 5.92 Å². The lowest BCUT2D eigenvalue weighted by atomic mass is 9.92. The fraction of sp³-hybridized carbons (Fsp3) is 0.571. The number of methoxy groups -OCH3 is 1. The van der Waals surface area contributed by atoms with Crippen molar-refractivity contribution < 1.29 is 14.3 Å². The number of ether oxygens (including phenoxy) is 2. The van der Waals surface area contributed by atoms with Crippen LogP contribution in [-0.2, 0) is 10.5 Å². The molecule has 8 nitrogen and oxygen atoms in total. The highest BCUT2D eigenvalue weighted by Crippen LogP contribution is 2.38. The van der Waals surface area contributed by atoms with Crippen LogP contribution in [0.15, 0.2) is 36.4 Å². The summed E-state index contributed by atoms with van der Waals surface area (Å²) in [6.07, 6.45) is 6.49. The Hall–Kier alpha value is -2.39. The standard InChI is InChI=1S/C28H40ClN5O3/c1-32(2)27(35)22-12-13-25(30-26(22)29)34-18-14-21(15-19-34)9-7-17-33(3)31-28(16-8-20-37-28)23-10-5-6-11-24(23)36-4/h5-6,10-13,21,31H,7-9,14-20H2,1-4H3/t28-/m1/s1. The Kier molecular flexibility index (Phi) is 9.29. The number of aromatic nitrogens is 1. The predicted octanol–water partition coefficient (Wildman–Crippen LogP) is 4.54. The van der Waals surface area contributed by atoms with Crippen LogP contribution in [0.5, 0.6) is 5.75 Å². The van der Waals surface area contributed by atoms with E-state index in [0.717, 1.165) is 75.5 Å². The minimum absolute atomic E-state index is 0.129. The molecule has 37 heavy (non-hydrogen) atoms. The zero-order valence-electron chi connectivity index (χ0n) is 22.5. The number of amides is 1. The Morgan fingerprint density at radius 2 is 1.97 bits per heavy atom. The van der Waals surface area contributed by atoms with Crippen LogP contribution in [0.2, 0.25) is 5.15 Å². The summed E-state index contributed by atoms with van der Waals surface area (Å²) in [5.41, 5.74) is 4.62. The zero-order chi connectivity index (χ0) is 26.4. The average molecular weight is 530 g/mol. The molecule has 0 saturated carbocycles. The highest BCUT2D eigenvalue weighted by molar-refractivity contribution is 6.32. The van der Waals surface area contributed by atoms with E-state index < -0.39 is 5.72 Å². The summed E-state index contributed by atoms with van der Waals surface area (Å²) in [5.74, 6) is 2.27. The van der Waals surface area contributed by atoms with E-state index in [1.807, 2.05) is 24.3 Å². The van der Waals surface area contributed by atoms with E-state index in [1.54, 1.807) is 27.3 Å². The fourth-order valence-electron chi connectivity index (χ4n) is 5.41. The third-order valence-electron chi connectivity index (χ3n) is 7.45. The number of carbonyl (C=O) groups is 1. The molecule has 2 saturated heterocycles. The van der Waals surface area contributed by atoms with Crippen molar-refractivity contribution >= 4 is 23.3 Å². The molecule has 1 aromatic carbocycles. The lowest BCUT2D eigenvalue weighted by Crippen LogP contribution is -2.51. The van der Waals surface area contributed by atoms with Crippen molar-refractivity contribution in [3.05, 3.63) is 52.7 Å². The molecule has 2 aliphatic heterocycles. The Morgan fingerprint density at radius 3 is 2.62 bits per heavy atom. The lowest BCUT2D eigenvalue weighted by Gasteiger charge is -2.36. The first kappa shape index (κ1) is 27.6. The summed E-state index contributed by atoms with van der Waals surface area (Å²) in [5, 5.41) is 2.45. The summed E-state index contributed by atoms with van der Waals surface area (Å²) in [6, 6.07) is 11.8. The Balaban J connectivity index is 1.24. The van der Waals surface area contributed by atoms with Gasteiger partial charge in [-0.3, -0.25) is 4.79 Å². The van der Waals surface area contributed by atoms with Crippen molar-refractivity contribution in [2.75, 3.05) is 59.4 Å². The van der Waals surface area contributed by atoms with E-state index in [-0.39, 0.29) is 11.1 Å². The molecule has 1 aromatic heterocycles. The number of anilines is 1. The number of nitrogens with one attached hydrogen (secondary N) is 1. The summed E-state index contributed by atoms with van der Waals surface area (Å²) < 4.78 is 11.9. The van der Waals surface area contributed by atoms with E-state index in [4.69, 9.17) is 21.1 Å². The molecule has 2 fully saturated rings. The molecule has 0 radical (unpaired) electrons. The van der Waals surface area contributed by atoms with Gasteiger partial charge >= 0.3 is 0 Å². The number of piperidine rings is 1. The van der Waals surface area contributed by atoms with Gasteiger partial charge in [-0.15, -0.1) is 0 Å². The second-order valence-corrected chi connectivity index (χ2v) is 10.7. The summed E-state index contributed by atoms with van der Waals surface area (Å²) in [7, 11) is 7.24. The molecule has 202 valence electrons. The van der Waals surface area contributed by atoms with Crippen LogP contribution in [0.3, 0.4) is 0 Å². The summed E-state index contributed by atoms with van der Waals surface area (Å²) in [6.45, 7) is 3.59. The van der Waals surface area contributed by atoms with Gasteiger partial charge in [0.15, 0.2) is 5.72 Å². The number of benzene rings is 1. The van der Waals surface area contributed by atoms with Crippen LogP contribution in [0.25, 0.3) is 0 Å². The van der Waals surface area contributed by atoms with Gasteiger partial charge in [0.25, 0.3) is 5.91 Å². The number of carbonyl (C=O) groups excluding carboxylic acids is 1. The maximum atomic E-state index is 12.2. The molecule has 0 unspecified atom stereocenters. The van der Waals surface area contributed by atoms with E-state index in [2.05, 4.69) is 33.4 Å². The zero-order valence-corrected chi connectivity index (χ0v) is 23.3. The molecule has 1 atom stereocenters. The molecular weight excluding hydrogens is 490 g/mol. The maximum Gasteiger partial charge on any atom is 0.256 e. The third kappa shape index (κ3) is 6.55. The molecule has 0 bridgehead atoms. The SMILES string of the molecule is COc1ccccc1[C@@]1(NN(C)CCCC2CCN(c3ccc(C(=O)N(C)C)c(Cl)n3)CC2)CCCO1. The first-order valence-corrected chi connectivity index (χ1v) is 13.6. The Labute approximate surface area is 225 Å². The predicted molar refractivity (Wildman–Crippen MR) is 147 cm³/mol. The van der Waals surface area contributed by atoms with Gasteiger partial charge in [-0.2, -0.15) is 0 Å². The fourth-order valence-corrected chi connectivity index (χ4v) is 5.64. The molecule has 1 N–H and O–H groups in total. The van der Waals surface area contributed by atoms with Crippen molar-refractivity contribution in [3.63, 3.8) is 0 Å². The van der Waals surface area contributed by atoms with Crippen molar-refractivity contribution in [2.45, 2.75) is 44.2 Å². The first-order chi connectivity index (χ1) is 17.8. The van der Waals surface area contributed by atoms with Crippen molar-refractivity contribution in [1.29, 1.82) is 0 Å². The van der Waals surface area contributed by atoms with Crippen LogP contribution in [0.4, 0.5) is 5.82 Å². The molecule has 9 heteroatoms. The number of nitrogens with zero attached hydrogens (tertiary/aromatic N) is 4. The van der Waals surface area contributed by atoms with Crippen LogP contribution in [-0.4, -0.2) is 75.3 Å². The Morgan fingerprint density at radius 1 is 1.22 bits per heavy atom. The van der Waals surface area contributed by atoms with E-state index in [9.17, 15) is 4.79 Å². The van der Waals surface area contributed by atoms with Crippen molar-refractivity contribution in [1.82, 2.24) is 20.3 Å². The van der Waals surface area contributed by atoms with Crippen LogP contribution >= 0.6 is 11.6 Å². The van der Waals surface area contributed by atoms with Gasteiger partial charge in [-0.05, 0) is 62.6 Å². The van der Waals surface area contributed by atoms with Gasteiger partial charge in [0.2, 0.25) is 0 Å². The van der Waals surface area contributed by atoms with Gasteiger partial charge in [-0.1, -0.05) is 29.8 Å². The molecule has 4 rings (SSSR count). The Bertz CT molecular complexity index is 1050. The van der Waals surface area contributed by atoms with Crippen LogP contribution < -0.4 is 15.1 Å².